The fourth-order valence-electron chi connectivity index (χ4n) is 2.93. The first-order chi connectivity index (χ1) is 14.0. The van der Waals surface area contributed by atoms with E-state index in [9.17, 15) is 9.59 Å². The summed E-state index contributed by atoms with van der Waals surface area (Å²) in [6, 6.07) is 7.47. The third kappa shape index (κ3) is 4.17. The number of alkyl halides is 1. The van der Waals surface area contributed by atoms with E-state index >= 15 is 0 Å². The number of hydrogen-bond donors (Lipinski definition) is 1. The van der Waals surface area contributed by atoms with Gasteiger partial charge in [-0.3, -0.25) is 4.79 Å². The largest absolute Gasteiger partial charge is 0.494 e. The molecule has 3 aromatic rings. The van der Waals surface area contributed by atoms with Gasteiger partial charge in [0.25, 0.3) is 0 Å². The quantitative estimate of drug-likeness (QED) is 0.468. The number of para-hydroxylation sites is 1. The first-order valence-corrected chi connectivity index (χ1v) is 9.59. The molecule has 0 aliphatic rings. The summed E-state index contributed by atoms with van der Waals surface area (Å²) in [5, 5.41) is 7.90. The van der Waals surface area contributed by atoms with Crippen molar-refractivity contribution in [1.82, 2.24) is 14.8 Å². The van der Waals surface area contributed by atoms with Gasteiger partial charge in [-0.1, -0.05) is 12.1 Å². The Kier molecular flexibility index (Phi) is 6.33. The predicted molar refractivity (Wildman–Crippen MR) is 110 cm³/mol. The standard InChI is InChI=1S/C20H21ClN4O4/c1-4-29-20(27)14-11-22-25(19(14)24-17(26)8-9-21)16-10-12(2)13-6-5-7-15(28-3)18(13)23-16/h5-7,10-11H,4,8-9H2,1-3H3,(H,24,26). The van der Waals surface area contributed by atoms with Crippen LogP contribution >= 0.6 is 11.6 Å². The van der Waals surface area contributed by atoms with E-state index in [-0.39, 0.29) is 36.2 Å². The van der Waals surface area contributed by atoms with Crippen LogP contribution in [0, 0.1) is 6.92 Å². The number of halogens is 1. The van der Waals surface area contributed by atoms with Crippen molar-refractivity contribution >= 4 is 40.2 Å². The fraction of sp³-hybridized carbons (Fsp3) is 0.300. The van der Waals surface area contributed by atoms with Crippen LogP contribution in [0.4, 0.5) is 5.82 Å². The minimum Gasteiger partial charge on any atom is -0.494 e. The van der Waals surface area contributed by atoms with E-state index in [0.717, 1.165) is 10.9 Å². The Morgan fingerprint density at radius 3 is 2.79 bits per heavy atom. The number of carbonyl (C=O) groups is 2. The van der Waals surface area contributed by atoms with Gasteiger partial charge in [-0.05, 0) is 31.5 Å². The zero-order valence-electron chi connectivity index (χ0n) is 16.4. The van der Waals surface area contributed by atoms with Crippen LogP contribution in [0.3, 0.4) is 0 Å². The summed E-state index contributed by atoms with van der Waals surface area (Å²) in [6.45, 7) is 3.84. The summed E-state index contributed by atoms with van der Waals surface area (Å²) in [4.78, 5) is 29.2. The normalized spacial score (nSPS) is 10.8. The van der Waals surface area contributed by atoms with E-state index in [1.54, 1.807) is 14.0 Å². The lowest BCUT2D eigenvalue weighted by Gasteiger charge is -2.13. The van der Waals surface area contributed by atoms with Gasteiger partial charge in [0.2, 0.25) is 5.91 Å². The average molecular weight is 417 g/mol. The number of rotatable bonds is 7. The van der Waals surface area contributed by atoms with E-state index in [4.69, 9.17) is 21.1 Å². The number of esters is 1. The third-order valence-electron chi connectivity index (χ3n) is 4.28. The third-order valence-corrected chi connectivity index (χ3v) is 4.47. The summed E-state index contributed by atoms with van der Waals surface area (Å²) in [7, 11) is 1.57. The predicted octanol–water partition coefficient (Wildman–Crippen LogP) is 3.48. The highest BCUT2D eigenvalue weighted by Crippen LogP contribution is 2.29. The molecule has 9 heteroatoms. The smallest absolute Gasteiger partial charge is 0.343 e. The molecule has 1 aromatic carbocycles. The van der Waals surface area contributed by atoms with Crippen molar-refractivity contribution in [2.24, 2.45) is 0 Å². The van der Waals surface area contributed by atoms with Crippen molar-refractivity contribution < 1.29 is 19.1 Å². The highest BCUT2D eigenvalue weighted by atomic mass is 35.5. The molecule has 29 heavy (non-hydrogen) atoms. The number of fused-ring (bicyclic) bond motifs is 1. The van der Waals surface area contributed by atoms with Crippen molar-refractivity contribution in [3.63, 3.8) is 0 Å². The van der Waals surface area contributed by atoms with Crippen LogP contribution in [-0.4, -0.2) is 46.2 Å². The SMILES string of the molecule is CCOC(=O)c1cnn(-c2cc(C)c3cccc(OC)c3n2)c1NC(=O)CCCl. The monoisotopic (exact) mass is 416 g/mol. The Morgan fingerprint density at radius 2 is 2.10 bits per heavy atom. The number of benzene rings is 1. The molecule has 0 saturated carbocycles. The van der Waals surface area contributed by atoms with Crippen LogP contribution in [-0.2, 0) is 9.53 Å². The molecule has 0 saturated heterocycles. The maximum absolute atomic E-state index is 12.3. The number of anilines is 1. The van der Waals surface area contributed by atoms with Crippen molar-refractivity contribution in [1.29, 1.82) is 0 Å². The number of pyridine rings is 1. The Hall–Kier alpha value is -3.13. The van der Waals surface area contributed by atoms with Gasteiger partial charge in [0.05, 0.1) is 19.9 Å². The van der Waals surface area contributed by atoms with Crippen LogP contribution in [0.15, 0.2) is 30.5 Å². The second-order valence-electron chi connectivity index (χ2n) is 6.18. The van der Waals surface area contributed by atoms with Gasteiger partial charge in [-0.15, -0.1) is 11.6 Å². The zero-order valence-corrected chi connectivity index (χ0v) is 17.1. The molecule has 1 amide bonds. The number of aromatic nitrogens is 3. The maximum atomic E-state index is 12.3. The molecule has 0 aliphatic carbocycles. The lowest BCUT2D eigenvalue weighted by atomic mass is 10.1. The van der Waals surface area contributed by atoms with Crippen LogP contribution < -0.4 is 10.1 Å². The lowest BCUT2D eigenvalue weighted by molar-refractivity contribution is -0.115. The number of hydrogen-bond acceptors (Lipinski definition) is 6. The highest BCUT2D eigenvalue weighted by molar-refractivity contribution is 6.19. The second-order valence-corrected chi connectivity index (χ2v) is 6.56. The van der Waals surface area contributed by atoms with Crippen LogP contribution in [0.25, 0.3) is 16.7 Å². The Labute approximate surface area is 172 Å². The van der Waals surface area contributed by atoms with Crippen molar-refractivity contribution in [3.8, 4) is 11.6 Å². The molecule has 152 valence electrons. The van der Waals surface area contributed by atoms with Crippen LogP contribution in [0.2, 0.25) is 0 Å². The van der Waals surface area contributed by atoms with E-state index in [2.05, 4.69) is 15.4 Å². The molecular formula is C20H21ClN4O4. The molecule has 0 unspecified atom stereocenters. The van der Waals surface area contributed by atoms with Gasteiger partial charge in [0.1, 0.15) is 16.8 Å². The molecular weight excluding hydrogens is 396 g/mol. The first kappa shape index (κ1) is 20.6. The van der Waals surface area contributed by atoms with Crippen LogP contribution in [0.1, 0.15) is 29.3 Å². The van der Waals surface area contributed by atoms with Crippen LogP contribution in [0.5, 0.6) is 5.75 Å². The lowest BCUT2D eigenvalue weighted by Crippen LogP contribution is -2.18. The van der Waals surface area contributed by atoms with E-state index < -0.39 is 5.97 Å². The second kappa shape index (κ2) is 8.91. The summed E-state index contributed by atoms with van der Waals surface area (Å²) >= 11 is 5.66. The molecule has 0 fully saturated rings. The first-order valence-electron chi connectivity index (χ1n) is 9.05. The molecule has 0 atom stereocenters. The van der Waals surface area contributed by atoms with Gasteiger partial charge < -0.3 is 14.8 Å². The number of ether oxygens (including phenoxy) is 2. The number of nitrogens with one attached hydrogen (secondary N) is 1. The Morgan fingerprint density at radius 1 is 1.31 bits per heavy atom. The number of nitrogens with zero attached hydrogens (tertiary/aromatic N) is 3. The van der Waals surface area contributed by atoms with Crippen molar-refractivity contribution in [3.05, 3.63) is 41.6 Å². The molecule has 0 spiro atoms. The summed E-state index contributed by atoms with van der Waals surface area (Å²) in [6.07, 6.45) is 1.44. The molecule has 8 nitrogen and oxygen atoms in total. The van der Waals surface area contributed by atoms with Crippen molar-refractivity contribution in [2.75, 3.05) is 24.9 Å². The number of amides is 1. The summed E-state index contributed by atoms with van der Waals surface area (Å²) in [5.41, 5.74) is 1.72. The zero-order chi connectivity index (χ0) is 21.0. The summed E-state index contributed by atoms with van der Waals surface area (Å²) < 4.78 is 11.9. The van der Waals surface area contributed by atoms with Gasteiger partial charge in [0.15, 0.2) is 11.6 Å². The summed E-state index contributed by atoms with van der Waals surface area (Å²) in [5.74, 6) is 0.436. The topological polar surface area (TPSA) is 95.3 Å². The molecule has 1 N–H and O–H groups in total. The number of carbonyl (C=O) groups excluding carboxylic acids is 2. The number of methoxy groups -OCH3 is 1. The maximum Gasteiger partial charge on any atom is 0.343 e. The molecule has 0 bridgehead atoms. The Balaban J connectivity index is 2.17. The molecule has 0 aliphatic heterocycles. The van der Waals surface area contributed by atoms with E-state index in [1.165, 1.54) is 10.9 Å². The van der Waals surface area contributed by atoms with Crippen molar-refractivity contribution in [2.45, 2.75) is 20.3 Å². The highest BCUT2D eigenvalue weighted by Gasteiger charge is 2.22. The molecule has 2 heterocycles. The van der Waals surface area contributed by atoms with Gasteiger partial charge in [-0.25, -0.2) is 9.78 Å². The molecule has 3 rings (SSSR count). The Bertz CT molecular complexity index is 1060. The van der Waals surface area contributed by atoms with E-state index in [1.807, 2.05) is 31.2 Å². The minimum absolute atomic E-state index is 0.0903. The van der Waals surface area contributed by atoms with E-state index in [0.29, 0.717) is 17.1 Å². The fourth-order valence-corrected chi connectivity index (χ4v) is 3.10. The van der Waals surface area contributed by atoms with Gasteiger partial charge in [-0.2, -0.15) is 9.78 Å². The van der Waals surface area contributed by atoms with Gasteiger partial charge >= 0.3 is 5.97 Å². The molecule has 2 aromatic heterocycles. The number of aryl methyl sites for hydroxylation is 1. The van der Waals surface area contributed by atoms with Gasteiger partial charge in [0, 0.05) is 17.7 Å². The molecule has 0 radical (unpaired) electrons. The average Bonchev–Trinajstić information content (AvgIpc) is 3.11. The minimum atomic E-state index is -0.588.